The Morgan fingerprint density at radius 1 is 1.17 bits per heavy atom. The molecule has 1 atom stereocenters. The second-order valence-corrected chi connectivity index (χ2v) is 7.15. The molecule has 0 spiro atoms. The lowest BCUT2D eigenvalue weighted by Gasteiger charge is -2.30. The molecule has 152 valence electrons. The van der Waals surface area contributed by atoms with E-state index in [0.29, 0.717) is 28.3 Å². The molecule has 0 aliphatic heterocycles. The first kappa shape index (κ1) is 20.7. The highest BCUT2D eigenvalue weighted by Crippen LogP contribution is 2.47. The molecular formula is C19H16F4N4OS. The zero-order valence-electron chi connectivity index (χ0n) is 15.0. The molecule has 0 fully saturated rings. The van der Waals surface area contributed by atoms with E-state index in [1.807, 2.05) is 0 Å². The van der Waals surface area contributed by atoms with E-state index >= 15 is 0 Å². The Bertz CT molecular complexity index is 1030. The third-order valence-corrected chi connectivity index (χ3v) is 5.09. The second kappa shape index (κ2) is 7.80. The van der Waals surface area contributed by atoms with Crippen molar-refractivity contribution in [2.45, 2.75) is 11.8 Å². The lowest BCUT2D eigenvalue weighted by atomic mass is 9.90. The normalized spacial score (nSPS) is 14.1. The van der Waals surface area contributed by atoms with E-state index < -0.39 is 28.0 Å². The van der Waals surface area contributed by atoms with Gasteiger partial charge in [-0.2, -0.15) is 13.2 Å². The minimum Gasteiger partial charge on any atom is -0.375 e. The van der Waals surface area contributed by atoms with E-state index in [9.17, 15) is 22.7 Å². The number of benzene rings is 2. The van der Waals surface area contributed by atoms with Crippen LogP contribution in [0.1, 0.15) is 16.0 Å². The van der Waals surface area contributed by atoms with Crippen LogP contribution in [0.3, 0.4) is 0 Å². The second-order valence-electron chi connectivity index (χ2n) is 6.09. The Morgan fingerprint density at radius 2 is 1.86 bits per heavy atom. The molecule has 0 radical (unpaired) electrons. The largest absolute Gasteiger partial charge is 0.426 e. The summed E-state index contributed by atoms with van der Waals surface area (Å²) in [6, 6.07) is 9.20. The zero-order valence-corrected chi connectivity index (χ0v) is 15.9. The maximum atomic E-state index is 13.9. The molecule has 3 aromatic rings. The molecule has 1 aromatic heterocycles. The molecule has 4 N–H and O–H groups in total. The van der Waals surface area contributed by atoms with Crippen molar-refractivity contribution in [2.24, 2.45) is 4.99 Å². The van der Waals surface area contributed by atoms with E-state index in [1.165, 1.54) is 49.7 Å². The number of halogens is 4. The van der Waals surface area contributed by atoms with Gasteiger partial charge >= 0.3 is 6.18 Å². The van der Waals surface area contributed by atoms with Crippen LogP contribution >= 0.6 is 11.3 Å². The molecule has 0 bridgehead atoms. The number of hydrogen-bond donors (Lipinski definition) is 3. The number of aliphatic hydroxyl groups is 1. The van der Waals surface area contributed by atoms with Gasteiger partial charge < -0.3 is 16.2 Å². The van der Waals surface area contributed by atoms with Gasteiger partial charge in [0.1, 0.15) is 5.82 Å². The fourth-order valence-electron chi connectivity index (χ4n) is 2.74. The molecule has 29 heavy (non-hydrogen) atoms. The maximum Gasteiger partial charge on any atom is 0.426 e. The first-order chi connectivity index (χ1) is 13.6. The van der Waals surface area contributed by atoms with Crippen LogP contribution in [0.15, 0.2) is 53.7 Å². The van der Waals surface area contributed by atoms with E-state index in [1.54, 1.807) is 0 Å². The molecule has 0 saturated carbocycles. The minimum absolute atomic E-state index is 0.0902. The van der Waals surface area contributed by atoms with E-state index in [2.05, 4.69) is 15.3 Å². The van der Waals surface area contributed by atoms with Crippen LogP contribution in [-0.2, 0) is 5.60 Å². The summed E-state index contributed by atoms with van der Waals surface area (Å²) < 4.78 is 54.8. The Kier molecular flexibility index (Phi) is 5.58. The number of hydrogen-bond acceptors (Lipinski definition) is 6. The van der Waals surface area contributed by atoms with Crippen molar-refractivity contribution in [1.29, 1.82) is 0 Å². The fraction of sp³-hybridized carbons (Fsp3) is 0.158. The molecule has 2 aromatic carbocycles. The summed E-state index contributed by atoms with van der Waals surface area (Å²) in [4.78, 5) is 7.05. The molecule has 0 amide bonds. The van der Waals surface area contributed by atoms with E-state index in [0.717, 1.165) is 12.3 Å². The van der Waals surface area contributed by atoms with Gasteiger partial charge in [0.2, 0.25) is 5.60 Å². The van der Waals surface area contributed by atoms with Crippen molar-refractivity contribution in [3.63, 3.8) is 0 Å². The number of nitrogens with zero attached hydrogens (tertiary/aromatic N) is 2. The fourth-order valence-corrected chi connectivity index (χ4v) is 3.55. The van der Waals surface area contributed by atoms with Crippen LogP contribution in [0.25, 0.3) is 0 Å². The number of aliphatic imine (C=N–C) groups is 1. The van der Waals surface area contributed by atoms with Crippen LogP contribution < -0.4 is 11.1 Å². The molecule has 0 aliphatic carbocycles. The molecular weight excluding hydrogens is 408 g/mol. The average molecular weight is 424 g/mol. The van der Waals surface area contributed by atoms with E-state index in [4.69, 9.17) is 5.73 Å². The lowest BCUT2D eigenvalue weighted by molar-refractivity contribution is -0.247. The van der Waals surface area contributed by atoms with Crippen molar-refractivity contribution < 1.29 is 22.7 Å². The highest BCUT2D eigenvalue weighted by atomic mass is 32.1. The maximum absolute atomic E-state index is 13.9. The monoisotopic (exact) mass is 424 g/mol. The Morgan fingerprint density at radius 3 is 2.41 bits per heavy atom. The van der Waals surface area contributed by atoms with Crippen molar-refractivity contribution >= 4 is 34.1 Å². The summed E-state index contributed by atoms with van der Waals surface area (Å²) in [7, 11) is 1.47. The third-order valence-electron chi connectivity index (χ3n) is 4.15. The number of alkyl halides is 3. The van der Waals surface area contributed by atoms with Gasteiger partial charge in [0.15, 0.2) is 5.13 Å². The lowest BCUT2D eigenvalue weighted by Crippen LogP contribution is -2.42. The van der Waals surface area contributed by atoms with Crippen LogP contribution in [0.2, 0.25) is 0 Å². The van der Waals surface area contributed by atoms with Crippen LogP contribution in [0.4, 0.5) is 34.1 Å². The van der Waals surface area contributed by atoms with Gasteiger partial charge in [-0.25, -0.2) is 9.37 Å². The molecule has 5 nitrogen and oxygen atoms in total. The highest BCUT2D eigenvalue weighted by Gasteiger charge is 2.57. The topological polar surface area (TPSA) is 83.5 Å². The summed E-state index contributed by atoms with van der Waals surface area (Å²) in [6.07, 6.45) is -2.75. The molecule has 0 aliphatic rings. The Hall–Kier alpha value is -2.98. The number of anilines is 3. The number of aromatic nitrogens is 1. The summed E-state index contributed by atoms with van der Waals surface area (Å²) >= 11 is 0.556. The Balaban J connectivity index is 2.09. The molecule has 1 heterocycles. The van der Waals surface area contributed by atoms with Gasteiger partial charge in [-0.3, -0.25) is 4.99 Å². The smallest absolute Gasteiger partial charge is 0.375 e. The molecule has 1 unspecified atom stereocenters. The number of nitrogens with two attached hydrogens (primary N) is 1. The number of nitrogen functional groups attached to an aromatic ring is 1. The number of thiazole rings is 1. The summed E-state index contributed by atoms with van der Waals surface area (Å²) in [5.41, 5.74) is 3.04. The highest BCUT2D eigenvalue weighted by molar-refractivity contribution is 7.15. The number of nitrogens with one attached hydrogen (secondary N) is 1. The van der Waals surface area contributed by atoms with Crippen LogP contribution in [0, 0.1) is 5.82 Å². The van der Waals surface area contributed by atoms with Gasteiger partial charge in [0.25, 0.3) is 0 Å². The van der Waals surface area contributed by atoms with Gasteiger partial charge in [-0.15, -0.1) is 0 Å². The van der Waals surface area contributed by atoms with Crippen molar-refractivity contribution in [3.8, 4) is 0 Å². The summed E-state index contributed by atoms with van der Waals surface area (Å²) in [5, 5.41) is 13.6. The first-order valence-corrected chi connectivity index (χ1v) is 9.07. The van der Waals surface area contributed by atoms with Crippen molar-refractivity contribution in [3.05, 3.63) is 70.5 Å². The predicted octanol–water partition coefficient (Wildman–Crippen LogP) is 4.45. The average Bonchev–Trinajstić information content (AvgIpc) is 3.10. The van der Waals surface area contributed by atoms with E-state index in [-0.39, 0.29) is 5.13 Å². The minimum atomic E-state index is -5.02. The predicted molar refractivity (Wildman–Crippen MR) is 105 cm³/mol. The quantitative estimate of drug-likeness (QED) is 0.417. The SMILES string of the molecule is C/N=C\c1cc(C(O)(c2cnc(N)s2)C(F)(F)F)ccc1Nc1ccc(F)cc1. The van der Waals surface area contributed by atoms with Crippen molar-refractivity contribution in [1.82, 2.24) is 4.98 Å². The molecule has 0 saturated heterocycles. The summed E-state index contributed by atoms with van der Waals surface area (Å²) in [5.74, 6) is -0.416. The first-order valence-electron chi connectivity index (χ1n) is 8.25. The van der Waals surface area contributed by atoms with Crippen LogP contribution in [0.5, 0.6) is 0 Å². The summed E-state index contributed by atoms with van der Waals surface area (Å²) in [6.45, 7) is 0. The van der Waals surface area contributed by atoms with Crippen molar-refractivity contribution in [2.75, 3.05) is 18.1 Å². The third kappa shape index (κ3) is 4.08. The zero-order chi connectivity index (χ0) is 21.2. The Labute approximate surface area is 167 Å². The van der Waals surface area contributed by atoms with Gasteiger partial charge in [0.05, 0.1) is 4.88 Å². The molecule has 10 heteroatoms. The van der Waals surface area contributed by atoms with Gasteiger partial charge in [-0.05, 0) is 42.0 Å². The standard InChI is InChI=1S/C19H16F4N4OS/c1-25-9-11-8-12(2-7-15(11)27-14-5-3-13(20)4-6-14)18(28,19(21,22)23)16-10-26-17(24)29-16/h2-10,27-28H,1H3,(H2,24,26)/b25-9-. The van der Waals surface area contributed by atoms with Gasteiger partial charge in [-0.1, -0.05) is 17.4 Å². The molecule has 3 rings (SSSR count). The number of rotatable bonds is 5. The van der Waals surface area contributed by atoms with Crippen LogP contribution in [-0.4, -0.2) is 29.5 Å². The van der Waals surface area contributed by atoms with Gasteiger partial charge in [0, 0.05) is 36.4 Å².